The molecular formula is C38H44ClFN4O9. The number of aromatic nitrogens is 2. The lowest BCUT2D eigenvalue weighted by Gasteiger charge is -2.25. The van der Waals surface area contributed by atoms with Crippen LogP contribution in [-0.4, -0.2) is 67.9 Å². The van der Waals surface area contributed by atoms with E-state index in [1.165, 1.54) is 41.2 Å². The molecule has 2 aromatic carbocycles. The van der Waals surface area contributed by atoms with Gasteiger partial charge in [0, 0.05) is 29.5 Å². The maximum absolute atomic E-state index is 13.7. The van der Waals surface area contributed by atoms with Gasteiger partial charge in [0.15, 0.2) is 0 Å². The largest absolute Gasteiger partial charge is 0.481 e. The predicted octanol–water partition coefficient (Wildman–Crippen LogP) is 5.15. The number of aliphatic carboxylic acids is 2. The second kappa shape index (κ2) is 18.6. The van der Waals surface area contributed by atoms with Crippen molar-refractivity contribution >= 4 is 35.5 Å². The summed E-state index contributed by atoms with van der Waals surface area (Å²) in [5, 5.41) is 26.3. The first-order chi connectivity index (χ1) is 25.1. The highest BCUT2D eigenvalue weighted by Gasteiger charge is 2.33. The van der Waals surface area contributed by atoms with Gasteiger partial charge in [0.25, 0.3) is 0 Å². The van der Waals surface area contributed by atoms with Crippen LogP contribution in [0, 0.1) is 17.7 Å². The highest BCUT2D eigenvalue weighted by atomic mass is 35.5. The number of rotatable bonds is 19. The number of nitrogens with one attached hydrogen (secondary N) is 2. The molecule has 0 amide bonds. The Hall–Kier alpha value is -5.05. The summed E-state index contributed by atoms with van der Waals surface area (Å²) in [6, 6.07) is 12.0. The summed E-state index contributed by atoms with van der Waals surface area (Å²) in [5.41, 5.74) is 0.648. The van der Waals surface area contributed by atoms with Crippen molar-refractivity contribution in [3.05, 3.63) is 106 Å². The summed E-state index contributed by atoms with van der Waals surface area (Å²) >= 11 is 6.09. The molecule has 0 bridgehead atoms. The molecule has 284 valence electrons. The number of furan rings is 1. The standard InChI is InChI=1S/C38H44ClFN4O9/c1-22(2)15-29(41-19-28(34(45)46)33-12-11-32(52-33)25-8-6-9-26(39)18-25)36(49)53-37(50)30(16-23(3)4)42-31(35(47)48)21-44-14-13-43(38(44)51)20-24-7-5-10-27(40)17-24/h5-14,17-18,22-23,28-31,41-42H,15-16,19-21H2,1-4H3,(H,45,46)(H,47,48). The SMILES string of the molecule is CC(C)CC(NCC(C(=O)O)c1ccc(-c2cccc(Cl)c2)o1)C(=O)OC(=O)C(CC(C)C)NC(Cn1ccn(Cc2cccc(F)c2)c1=O)C(=O)O. The number of nitrogens with zero attached hydrogens (tertiary/aromatic N) is 2. The van der Waals surface area contributed by atoms with Crippen molar-refractivity contribution in [2.24, 2.45) is 11.8 Å². The molecule has 0 spiro atoms. The fourth-order valence-corrected chi connectivity index (χ4v) is 5.96. The van der Waals surface area contributed by atoms with Crippen LogP contribution in [0.2, 0.25) is 5.02 Å². The van der Waals surface area contributed by atoms with Gasteiger partial charge in [-0.2, -0.15) is 0 Å². The number of carbonyl (C=O) groups excluding carboxylic acids is 2. The smallest absolute Gasteiger partial charge is 0.330 e. The van der Waals surface area contributed by atoms with E-state index in [9.17, 15) is 38.6 Å². The van der Waals surface area contributed by atoms with Gasteiger partial charge in [0.1, 0.15) is 41.4 Å². The molecule has 15 heteroatoms. The Morgan fingerprint density at radius 1 is 0.849 bits per heavy atom. The first-order valence-electron chi connectivity index (χ1n) is 17.2. The molecule has 4 aromatic rings. The zero-order chi connectivity index (χ0) is 38.8. The third-order valence-corrected chi connectivity index (χ3v) is 8.61. The number of benzene rings is 2. The summed E-state index contributed by atoms with van der Waals surface area (Å²) < 4.78 is 27.3. The quantitative estimate of drug-likeness (QED) is 0.0734. The van der Waals surface area contributed by atoms with Crippen LogP contribution in [0.25, 0.3) is 11.3 Å². The molecule has 2 aromatic heterocycles. The summed E-state index contributed by atoms with van der Waals surface area (Å²) in [6.07, 6.45) is 3.14. The van der Waals surface area contributed by atoms with Gasteiger partial charge in [0.2, 0.25) is 0 Å². The van der Waals surface area contributed by atoms with Crippen LogP contribution in [0.5, 0.6) is 0 Å². The Morgan fingerprint density at radius 2 is 1.51 bits per heavy atom. The van der Waals surface area contributed by atoms with Crippen LogP contribution in [-0.2, 0) is 37.0 Å². The third-order valence-electron chi connectivity index (χ3n) is 8.37. The molecule has 0 saturated carbocycles. The molecule has 0 aliphatic rings. The maximum Gasteiger partial charge on any atom is 0.330 e. The Kier molecular flexibility index (Phi) is 14.3. The van der Waals surface area contributed by atoms with E-state index < -0.39 is 59.4 Å². The average Bonchev–Trinajstić information content (AvgIpc) is 3.70. The second-order valence-electron chi connectivity index (χ2n) is 13.7. The second-order valence-corrected chi connectivity index (χ2v) is 14.1. The average molecular weight is 755 g/mol. The molecule has 0 aliphatic carbocycles. The number of ether oxygens (including phenoxy) is 1. The third kappa shape index (κ3) is 11.7. The summed E-state index contributed by atoms with van der Waals surface area (Å²) in [7, 11) is 0. The molecule has 4 atom stereocenters. The van der Waals surface area contributed by atoms with Gasteiger partial charge in [-0.25, -0.2) is 18.8 Å². The Morgan fingerprint density at radius 3 is 2.15 bits per heavy atom. The van der Waals surface area contributed by atoms with Crippen LogP contribution >= 0.6 is 11.6 Å². The van der Waals surface area contributed by atoms with Gasteiger partial charge >= 0.3 is 29.6 Å². The van der Waals surface area contributed by atoms with Gasteiger partial charge in [-0.3, -0.25) is 24.0 Å². The van der Waals surface area contributed by atoms with Crippen molar-refractivity contribution in [3.63, 3.8) is 0 Å². The van der Waals surface area contributed by atoms with Gasteiger partial charge in [0.05, 0.1) is 13.1 Å². The van der Waals surface area contributed by atoms with Gasteiger partial charge < -0.3 is 24.7 Å². The number of carboxylic acids is 2. The molecule has 53 heavy (non-hydrogen) atoms. The molecule has 4 rings (SSSR count). The molecule has 0 radical (unpaired) electrons. The van der Waals surface area contributed by atoms with E-state index in [1.54, 1.807) is 50.2 Å². The lowest BCUT2D eigenvalue weighted by atomic mass is 10.0. The van der Waals surface area contributed by atoms with Crippen molar-refractivity contribution in [3.8, 4) is 11.3 Å². The molecule has 4 unspecified atom stereocenters. The first-order valence-corrected chi connectivity index (χ1v) is 17.5. The molecule has 2 heterocycles. The highest BCUT2D eigenvalue weighted by molar-refractivity contribution is 6.30. The minimum atomic E-state index is -1.44. The molecular weight excluding hydrogens is 711 g/mol. The molecule has 0 aliphatic heterocycles. The number of hydrogen-bond donors (Lipinski definition) is 4. The predicted molar refractivity (Wildman–Crippen MR) is 194 cm³/mol. The van der Waals surface area contributed by atoms with Gasteiger partial charge in [-0.05, 0) is 66.6 Å². The van der Waals surface area contributed by atoms with Crippen LogP contribution in [0.1, 0.15) is 57.8 Å². The maximum atomic E-state index is 13.7. The van der Waals surface area contributed by atoms with Crippen molar-refractivity contribution in [1.82, 2.24) is 19.8 Å². The lowest BCUT2D eigenvalue weighted by molar-refractivity contribution is -0.163. The van der Waals surface area contributed by atoms with E-state index in [1.807, 2.05) is 13.8 Å². The van der Waals surface area contributed by atoms with Crippen molar-refractivity contribution in [2.45, 2.75) is 77.7 Å². The normalized spacial score (nSPS) is 13.8. The van der Waals surface area contributed by atoms with Crippen molar-refractivity contribution < 1.29 is 42.9 Å². The van der Waals surface area contributed by atoms with Crippen molar-refractivity contribution in [2.75, 3.05) is 6.54 Å². The van der Waals surface area contributed by atoms with Crippen LogP contribution < -0.4 is 16.3 Å². The Labute approximate surface area is 310 Å². The van der Waals surface area contributed by atoms with E-state index in [0.29, 0.717) is 21.9 Å². The zero-order valence-corrected chi connectivity index (χ0v) is 30.6. The van der Waals surface area contributed by atoms with Crippen LogP contribution in [0.4, 0.5) is 4.39 Å². The van der Waals surface area contributed by atoms with Crippen LogP contribution in [0.15, 0.2) is 82.3 Å². The van der Waals surface area contributed by atoms with Crippen molar-refractivity contribution in [1.29, 1.82) is 0 Å². The monoisotopic (exact) mass is 754 g/mol. The topological polar surface area (TPSA) is 182 Å². The number of carbonyl (C=O) groups is 4. The molecule has 0 saturated heterocycles. The highest BCUT2D eigenvalue weighted by Crippen LogP contribution is 2.28. The summed E-state index contributed by atoms with van der Waals surface area (Å²) in [6.45, 7) is 6.76. The minimum Gasteiger partial charge on any atom is -0.481 e. The molecule has 0 fully saturated rings. The molecule has 13 nitrogen and oxygen atoms in total. The Balaban J connectivity index is 1.45. The minimum absolute atomic E-state index is 0.0591. The van der Waals surface area contributed by atoms with Crippen LogP contribution in [0.3, 0.4) is 0 Å². The first kappa shape index (κ1) is 40.7. The van der Waals surface area contributed by atoms with Gasteiger partial charge in [-0.15, -0.1) is 0 Å². The summed E-state index contributed by atoms with van der Waals surface area (Å²) in [4.78, 5) is 64.6. The number of imidazole rings is 1. The zero-order valence-electron chi connectivity index (χ0n) is 29.8. The van der Waals surface area contributed by atoms with E-state index in [4.69, 9.17) is 20.8 Å². The van der Waals surface area contributed by atoms with E-state index in [-0.39, 0.29) is 50.1 Å². The fourth-order valence-electron chi connectivity index (χ4n) is 5.77. The van der Waals surface area contributed by atoms with E-state index in [2.05, 4.69) is 10.6 Å². The van der Waals surface area contributed by atoms with Gasteiger partial charge in [-0.1, -0.05) is 63.6 Å². The lowest BCUT2D eigenvalue weighted by Crippen LogP contribution is -2.52. The summed E-state index contributed by atoms with van der Waals surface area (Å²) in [5.74, 6) is -5.84. The number of hydrogen-bond acceptors (Lipinski definition) is 9. The number of carboxylic acid groups (broad SMARTS) is 2. The number of esters is 2. The van der Waals surface area contributed by atoms with E-state index >= 15 is 0 Å². The fraction of sp³-hybridized carbons (Fsp3) is 0.395. The number of halogens is 2. The Bertz CT molecular complexity index is 1950. The van der Waals surface area contributed by atoms with E-state index in [0.717, 1.165) is 4.57 Å². The molecule has 4 N–H and O–H groups in total.